The van der Waals surface area contributed by atoms with Crippen molar-refractivity contribution < 1.29 is 19.1 Å². The molecule has 2 heterocycles. The smallest absolute Gasteiger partial charge is 0.254 e. The molecular weight excluding hydrogens is 320 g/mol. The van der Waals surface area contributed by atoms with Crippen molar-refractivity contribution in [2.45, 2.75) is 38.3 Å². The van der Waals surface area contributed by atoms with Crippen LogP contribution in [0.1, 0.15) is 48.4 Å². The summed E-state index contributed by atoms with van der Waals surface area (Å²) in [6, 6.07) is 10.4. The van der Waals surface area contributed by atoms with Gasteiger partial charge in [-0.25, -0.2) is 0 Å². The van der Waals surface area contributed by atoms with Gasteiger partial charge < -0.3 is 19.7 Å². The quantitative estimate of drug-likeness (QED) is 0.875. The number of aliphatic hydroxyl groups is 1. The molecule has 0 aliphatic carbocycles. The molecule has 2 aromatic rings. The molecule has 0 radical (unpaired) electrons. The number of carbonyl (C=O) groups excluding carboxylic acids is 2. The monoisotopic (exact) mass is 342 g/mol. The molecule has 1 saturated heterocycles. The summed E-state index contributed by atoms with van der Waals surface area (Å²) in [6.07, 6.45) is 3.02. The first-order valence-electron chi connectivity index (χ1n) is 8.44. The number of hydrogen-bond acceptors (Lipinski definition) is 4. The number of benzene rings is 1. The van der Waals surface area contributed by atoms with Crippen molar-refractivity contribution in [1.82, 2.24) is 4.90 Å². The van der Waals surface area contributed by atoms with Crippen LogP contribution >= 0.6 is 0 Å². The Bertz CT molecular complexity index is 742. The third-order valence-corrected chi connectivity index (χ3v) is 4.43. The van der Waals surface area contributed by atoms with E-state index in [2.05, 4.69) is 5.32 Å². The average molecular weight is 342 g/mol. The van der Waals surface area contributed by atoms with Gasteiger partial charge in [0.25, 0.3) is 5.91 Å². The molecule has 2 atom stereocenters. The van der Waals surface area contributed by atoms with E-state index >= 15 is 0 Å². The van der Waals surface area contributed by atoms with E-state index in [-0.39, 0.29) is 17.9 Å². The summed E-state index contributed by atoms with van der Waals surface area (Å²) in [6.45, 7) is 2.10. The summed E-state index contributed by atoms with van der Waals surface area (Å²) in [5.41, 5.74) is 1.13. The van der Waals surface area contributed by atoms with E-state index in [9.17, 15) is 14.7 Å². The molecule has 0 spiro atoms. The van der Waals surface area contributed by atoms with E-state index in [4.69, 9.17) is 4.42 Å². The Balaban J connectivity index is 1.71. The molecule has 1 aliphatic heterocycles. The number of aliphatic hydroxyl groups excluding tert-OH is 1. The second-order valence-electron chi connectivity index (χ2n) is 6.32. The second-order valence-corrected chi connectivity index (χ2v) is 6.32. The van der Waals surface area contributed by atoms with Crippen molar-refractivity contribution in [2.75, 3.05) is 11.9 Å². The summed E-state index contributed by atoms with van der Waals surface area (Å²) >= 11 is 0. The maximum atomic E-state index is 12.9. The number of furan rings is 1. The fourth-order valence-electron chi connectivity index (χ4n) is 3.30. The summed E-state index contributed by atoms with van der Waals surface area (Å²) in [4.78, 5) is 25.9. The van der Waals surface area contributed by atoms with Gasteiger partial charge in [-0.05, 0) is 43.2 Å². The van der Waals surface area contributed by atoms with Crippen molar-refractivity contribution in [1.29, 1.82) is 0 Å². The highest BCUT2D eigenvalue weighted by Gasteiger charge is 2.31. The Hall–Kier alpha value is -2.60. The molecule has 25 heavy (non-hydrogen) atoms. The first kappa shape index (κ1) is 17.2. The number of hydrogen-bond donors (Lipinski definition) is 2. The van der Waals surface area contributed by atoms with Gasteiger partial charge in [0.15, 0.2) is 0 Å². The topological polar surface area (TPSA) is 82.8 Å². The standard InChI is InChI=1S/C19H22N2O4/c1-13(22)20-15-6-2-5-14(11-15)19(24)21-9-3-7-16(21)12-17(23)18-8-4-10-25-18/h2,4-6,8,10-11,16-17,23H,3,7,9,12H2,1H3,(H,20,22). The van der Waals surface area contributed by atoms with Gasteiger partial charge in [0.1, 0.15) is 11.9 Å². The first-order chi connectivity index (χ1) is 12.0. The number of nitrogens with zero attached hydrogens (tertiary/aromatic N) is 1. The molecule has 0 saturated carbocycles. The van der Waals surface area contributed by atoms with Gasteiger partial charge in [0.05, 0.1) is 6.26 Å². The predicted molar refractivity (Wildman–Crippen MR) is 93.1 cm³/mol. The number of amides is 2. The lowest BCUT2D eigenvalue weighted by Gasteiger charge is -2.26. The largest absolute Gasteiger partial charge is 0.467 e. The van der Waals surface area contributed by atoms with Crippen LogP contribution in [0.5, 0.6) is 0 Å². The molecule has 6 heteroatoms. The van der Waals surface area contributed by atoms with Gasteiger partial charge in [0.2, 0.25) is 5.91 Å². The molecule has 6 nitrogen and oxygen atoms in total. The highest BCUT2D eigenvalue weighted by atomic mass is 16.4. The highest BCUT2D eigenvalue weighted by Crippen LogP contribution is 2.29. The molecule has 1 fully saturated rings. The van der Waals surface area contributed by atoms with E-state index in [0.29, 0.717) is 30.0 Å². The summed E-state index contributed by atoms with van der Waals surface area (Å²) in [5.74, 6) is 0.263. The van der Waals surface area contributed by atoms with E-state index in [0.717, 1.165) is 12.8 Å². The van der Waals surface area contributed by atoms with E-state index < -0.39 is 6.10 Å². The van der Waals surface area contributed by atoms with Gasteiger partial charge in [0, 0.05) is 37.2 Å². The van der Waals surface area contributed by atoms with Gasteiger partial charge in [-0.15, -0.1) is 0 Å². The normalized spacial score (nSPS) is 18.2. The van der Waals surface area contributed by atoms with Crippen LogP contribution in [0.15, 0.2) is 47.1 Å². The lowest BCUT2D eigenvalue weighted by molar-refractivity contribution is -0.114. The zero-order chi connectivity index (χ0) is 17.8. The molecule has 1 aromatic carbocycles. The van der Waals surface area contributed by atoms with Crippen LogP contribution in [-0.2, 0) is 4.79 Å². The number of likely N-dealkylation sites (tertiary alicyclic amines) is 1. The van der Waals surface area contributed by atoms with Crippen molar-refractivity contribution in [3.05, 3.63) is 54.0 Å². The number of anilines is 1. The molecule has 132 valence electrons. The Kier molecular flexibility index (Phi) is 5.19. The van der Waals surface area contributed by atoms with Crippen LogP contribution in [0.2, 0.25) is 0 Å². The Labute approximate surface area is 146 Å². The van der Waals surface area contributed by atoms with Gasteiger partial charge in [-0.2, -0.15) is 0 Å². The third-order valence-electron chi connectivity index (χ3n) is 4.43. The van der Waals surface area contributed by atoms with Crippen molar-refractivity contribution in [3.8, 4) is 0 Å². The third kappa shape index (κ3) is 4.09. The molecule has 2 N–H and O–H groups in total. The van der Waals surface area contributed by atoms with Crippen molar-refractivity contribution in [3.63, 3.8) is 0 Å². The van der Waals surface area contributed by atoms with E-state index in [1.54, 1.807) is 41.3 Å². The van der Waals surface area contributed by atoms with Gasteiger partial charge in [-0.3, -0.25) is 9.59 Å². The van der Waals surface area contributed by atoms with Crippen LogP contribution in [0.4, 0.5) is 5.69 Å². The molecular formula is C19H22N2O4. The second kappa shape index (κ2) is 7.53. The maximum Gasteiger partial charge on any atom is 0.254 e. The maximum absolute atomic E-state index is 12.9. The SMILES string of the molecule is CC(=O)Nc1cccc(C(=O)N2CCCC2CC(O)c2ccco2)c1. The number of nitrogens with one attached hydrogen (secondary N) is 1. The predicted octanol–water partition coefficient (Wildman–Crippen LogP) is 2.97. The zero-order valence-electron chi connectivity index (χ0n) is 14.1. The fourth-order valence-corrected chi connectivity index (χ4v) is 3.30. The first-order valence-corrected chi connectivity index (χ1v) is 8.44. The summed E-state index contributed by atoms with van der Waals surface area (Å²) in [7, 11) is 0. The number of rotatable bonds is 5. The van der Waals surface area contributed by atoms with Crippen molar-refractivity contribution in [2.24, 2.45) is 0 Å². The average Bonchev–Trinajstić information content (AvgIpc) is 3.25. The fraction of sp³-hybridized carbons (Fsp3) is 0.368. The molecule has 2 unspecified atom stereocenters. The van der Waals surface area contributed by atoms with E-state index in [1.165, 1.54) is 13.2 Å². The van der Waals surface area contributed by atoms with Gasteiger partial charge >= 0.3 is 0 Å². The van der Waals surface area contributed by atoms with Crippen LogP contribution in [0, 0.1) is 0 Å². The lowest BCUT2D eigenvalue weighted by Crippen LogP contribution is -2.36. The highest BCUT2D eigenvalue weighted by molar-refractivity contribution is 5.97. The molecule has 3 rings (SSSR count). The van der Waals surface area contributed by atoms with Crippen molar-refractivity contribution >= 4 is 17.5 Å². The zero-order valence-corrected chi connectivity index (χ0v) is 14.1. The minimum absolute atomic E-state index is 0.0305. The molecule has 1 aliphatic rings. The lowest BCUT2D eigenvalue weighted by atomic mass is 10.0. The van der Waals surface area contributed by atoms with Gasteiger partial charge in [-0.1, -0.05) is 6.07 Å². The molecule has 0 bridgehead atoms. The minimum Gasteiger partial charge on any atom is -0.467 e. The summed E-state index contributed by atoms with van der Waals surface area (Å²) in [5, 5.41) is 13.0. The Morgan fingerprint density at radius 2 is 2.20 bits per heavy atom. The molecule has 1 aromatic heterocycles. The van der Waals surface area contributed by atoms with Crippen LogP contribution in [0.3, 0.4) is 0 Å². The Morgan fingerprint density at radius 3 is 2.92 bits per heavy atom. The minimum atomic E-state index is -0.723. The number of carbonyl (C=O) groups is 2. The summed E-state index contributed by atoms with van der Waals surface area (Å²) < 4.78 is 5.24. The van der Waals surface area contributed by atoms with E-state index in [1.807, 2.05) is 0 Å². The Morgan fingerprint density at radius 1 is 1.36 bits per heavy atom. The van der Waals surface area contributed by atoms with Crippen LogP contribution < -0.4 is 5.32 Å². The van der Waals surface area contributed by atoms with Crippen LogP contribution in [-0.4, -0.2) is 34.4 Å². The molecule has 2 amide bonds. The van der Waals surface area contributed by atoms with Crippen LogP contribution in [0.25, 0.3) is 0 Å².